The van der Waals surface area contributed by atoms with Gasteiger partial charge in [0.15, 0.2) is 0 Å². The summed E-state index contributed by atoms with van der Waals surface area (Å²) in [4.78, 5) is 0. The van der Waals surface area contributed by atoms with E-state index in [2.05, 4.69) is 34.5 Å². The van der Waals surface area contributed by atoms with Crippen LogP contribution in [0.1, 0.15) is 24.3 Å². The standard InChI is InChI=1S/C12H12N2/c1-2-10(9-4-5-9)6-11(3-1)12-7-13-14-8-12/h1-3,6-9H,4-5H2,(H,13,14). The van der Waals surface area contributed by atoms with Gasteiger partial charge in [0, 0.05) is 11.8 Å². The molecule has 2 aromatic rings. The lowest BCUT2D eigenvalue weighted by Crippen LogP contribution is -1.80. The summed E-state index contributed by atoms with van der Waals surface area (Å²) in [6.45, 7) is 0. The van der Waals surface area contributed by atoms with Gasteiger partial charge in [-0.05, 0) is 29.9 Å². The molecule has 0 amide bonds. The molecule has 1 aromatic carbocycles. The molecule has 1 fully saturated rings. The van der Waals surface area contributed by atoms with Gasteiger partial charge in [0.05, 0.1) is 6.20 Å². The minimum Gasteiger partial charge on any atom is -0.285 e. The molecule has 1 saturated carbocycles. The zero-order valence-electron chi connectivity index (χ0n) is 7.90. The fraction of sp³-hybridized carbons (Fsp3) is 0.250. The van der Waals surface area contributed by atoms with Gasteiger partial charge in [-0.2, -0.15) is 5.10 Å². The highest BCUT2D eigenvalue weighted by Gasteiger charge is 2.23. The summed E-state index contributed by atoms with van der Waals surface area (Å²) in [5.41, 5.74) is 3.92. The molecule has 1 aromatic heterocycles. The Labute approximate surface area is 83.0 Å². The number of hydrogen-bond donors (Lipinski definition) is 1. The summed E-state index contributed by atoms with van der Waals surface area (Å²) >= 11 is 0. The van der Waals surface area contributed by atoms with Crippen LogP contribution in [-0.4, -0.2) is 10.2 Å². The minimum atomic E-state index is 0.821. The summed E-state index contributed by atoms with van der Waals surface area (Å²) < 4.78 is 0. The average molecular weight is 184 g/mol. The van der Waals surface area contributed by atoms with Crippen LogP contribution in [0.3, 0.4) is 0 Å². The lowest BCUT2D eigenvalue weighted by molar-refractivity contribution is 1.09. The Hall–Kier alpha value is -1.57. The SMILES string of the molecule is c1cc(-c2cn[nH]c2)cc(C2CC2)c1. The molecular formula is C12H12N2. The van der Waals surface area contributed by atoms with E-state index in [1.54, 1.807) is 0 Å². The minimum absolute atomic E-state index is 0.821. The fourth-order valence-corrected chi connectivity index (χ4v) is 1.80. The quantitative estimate of drug-likeness (QED) is 0.763. The van der Waals surface area contributed by atoms with Crippen LogP contribution in [-0.2, 0) is 0 Å². The Bertz CT molecular complexity index is 427. The number of aromatic amines is 1. The molecule has 1 N–H and O–H groups in total. The third-order valence-corrected chi connectivity index (χ3v) is 2.77. The zero-order chi connectivity index (χ0) is 9.38. The molecule has 0 radical (unpaired) electrons. The summed E-state index contributed by atoms with van der Waals surface area (Å²) in [6, 6.07) is 8.77. The van der Waals surface area contributed by atoms with E-state index in [1.807, 2.05) is 12.4 Å². The third-order valence-electron chi connectivity index (χ3n) is 2.77. The van der Waals surface area contributed by atoms with Gasteiger partial charge in [-0.15, -0.1) is 0 Å². The average Bonchev–Trinajstić information content (AvgIpc) is 2.94. The van der Waals surface area contributed by atoms with Crippen LogP contribution < -0.4 is 0 Å². The highest BCUT2D eigenvalue weighted by molar-refractivity contribution is 5.62. The van der Waals surface area contributed by atoms with Crippen molar-refractivity contribution in [1.29, 1.82) is 0 Å². The molecule has 0 atom stereocenters. The third kappa shape index (κ3) is 1.33. The van der Waals surface area contributed by atoms with Gasteiger partial charge in [0.2, 0.25) is 0 Å². The molecule has 3 rings (SSSR count). The number of aromatic nitrogens is 2. The van der Waals surface area contributed by atoms with Gasteiger partial charge in [-0.25, -0.2) is 0 Å². The van der Waals surface area contributed by atoms with Gasteiger partial charge in [0.1, 0.15) is 0 Å². The van der Waals surface area contributed by atoms with Crippen molar-refractivity contribution in [2.45, 2.75) is 18.8 Å². The highest BCUT2D eigenvalue weighted by atomic mass is 15.1. The van der Waals surface area contributed by atoms with Gasteiger partial charge < -0.3 is 0 Å². The highest BCUT2D eigenvalue weighted by Crippen LogP contribution is 2.40. The van der Waals surface area contributed by atoms with Crippen molar-refractivity contribution in [3.05, 3.63) is 42.2 Å². The van der Waals surface area contributed by atoms with Crippen LogP contribution in [0, 0.1) is 0 Å². The van der Waals surface area contributed by atoms with Gasteiger partial charge in [-0.1, -0.05) is 24.3 Å². The number of nitrogens with one attached hydrogen (secondary N) is 1. The maximum atomic E-state index is 3.96. The monoisotopic (exact) mass is 184 g/mol. The molecule has 1 aliphatic carbocycles. The van der Waals surface area contributed by atoms with Crippen molar-refractivity contribution >= 4 is 0 Å². The van der Waals surface area contributed by atoms with Crippen LogP contribution in [0.2, 0.25) is 0 Å². The predicted octanol–water partition coefficient (Wildman–Crippen LogP) is 2.95. The van der Waals surface area contributed by atoms with Crippen molar-refractivity contribution in [3.8, 4) is 11.1 Å². The maximum Gasteiger partial charge on any atom is 0.0565 e. The Kier molecular flexibility index (Phi) is 1.66. The maximum absolute atomic E-state index is 3.96. The molecule has 0 unspecified atom stereocenters. The van der Waals surface area contributed by atoms with Gasteiger partial charge >= 0.3 is 0 Å². The smallest absolute Gasteiger partial charge is 0.0565 e. The van der Waals surface area contributed by atoms with E-state index in [0.717, 1.165) is 5.92 Å². The summed E-state index contributed by atoms with van der Waals surface area (Å²) in [5.74, 6) is 0.821. The van der Waals surface area contributed by atoms with Crippen LogP contribution in [0.5, 0.6) is 0 Å². The first-order valence-corrected chi connectivity index (χ1v) is 5.02. The number of hydrogen-bond acceptors (Lipinski definition) is 1. The Balaban J connectivity index is 2.02. The van der Waals surface area contributed by atoms with E-state index in [0.29, 0.717) is 0 Å². The second-order valence-electron chi connectivity index (χ2n) is 3.89. The molecule has 14 heavy (non-hydrogen) atoms. The molecule has 0 bridgehead atoms. The molecule has 1 aliphatic rings. The first-order valence-electron chi connectivity index (χ1n) is 5.02. The van der Waals surface area contributed by atoms with Crippen molar-refractivity contribution < 1.29 is 0 Å². The van der Waals surface area contributed by atoms with Gasteiger partial charge in [0.25, 0.3) is 0 Å². The molecule has 0 spiro atoms. The summed E-state index contributed by atoms with van der Waals surface area (Å²) in [7, 11) is 0. The zero-order valence-corrected chi connectivity index (χ0v) is 7.90. The van der Waals surface area contributed by atoms with Crippen LogP contribution >= 0.6 is 0 Å². The first kappa shape index (κ1) is 7.80. The molecule has 2 heteroatoms. The number of H-pyrrole nitrogens is 1. The second-order valence-corrected chi connectivity index (χ2v) is 3.89. The lowest BCUT2D eigenvalue weighted by Gasteiger charge is -2.01. The Morgan fingerprint density at radius 1 is 1.21 bits per heavy atom. The molecule has 1 heterocycles. The molecule has 0 aliphatic heterocycles. The van der Waals surface area contributed by atoms with Crippen molar-refractivity contribution in [1.82, 2.24) is 10.2 Å². The van der Waals surface area contributed by atoms with Crippen molar-refractivity contribution in [2.24, 2.45) is 0 Å². The van der Waals surface area contributed by atoms with Crippen molar-refractivity contribution in [2.75, 3.05) is 0 Å². The normalized spacial score (nSPS) is 15.7. The summed E-state index contributed by atoms with van der Waals surface area (Å²) in [5, 5.41) is 6.81. The van der Waals surface area contributed by atoms with E-state index in [1.165, 1.54) is 29.5 Å². The van der Waals surface area contributed by atoms with Crippen LogP contribution in [0.15, 0.2) is 36.7 Å². The van der Waals surface area contributed by atoms with E-state index in [4.69, 9.17) is 0 Å². The van der Waals surface area contributed by atoms with Crippen molar-refractivity contribution in [3.63, 3.8) is 0 Å². The second kappa shape index (κ2) is 2.98. The molecule has 0 saturated heterocycles. The lowest BCUT2D eigenvalue weighted by atomic mass is 10.0. The Morgan fingerprint density at radius 3 is 2.86 bits per heavy atom. The van der Waals surface area contributed by atoms with Crippen LogP contribution in [0.25, 0.3) is 11.1 Å². The molecular weight excluding hydrogens is 172 g/mol. The van der Waals surface area contributed by atoms with E-state index in [-0.39, 0.29) is 0 Å². The van der Waals surface area contributed by atoms with E-state index < -0.39 is 0 Å². The first-order chi connectivity index (χ1) is 6.93. The molecule has 70 valence electrons. The number of benzene rings is 1. The topological polar surface area (TPSA) is 28.7 Å². The van der Waals surface area contributed by atoms with E-state index in [9.17, 15) is 0 Å². The molecule has 2 nitrogen and oxygen atoms in total. The fourth-order valence-electron chi connectivity index (χ4n) is 1.80. The number of nitrogens with zero attached hydrogens (tertiary/aromatic N) is 1. The van der Waals surface area contributed by atoms with E-state index >= 15 is 0 Å². The largest absolute Gasteiger partial charge is 0.285 e. The predicted molar refractivity (Wildman–Crippen MR) is 56.0 cm³/mol. The number of rotatable bonds is 2. The summed E-state index contributed by atoms with van der Waals surface area (Å²) in [6.07, 6.45) is 6.52. The van der Waals surface area contributed by atoms with Gasteiger partial charge in [-0.3, -0.25) is 5.10 Å². The Morgan fingerprint density at radius 2 is 2.14 bits per heavy atom. The van der Waals surface area contributed by atoms with Crippen LogP contribution in [0.4, 0.5) is 0 Å².